The lowest BCUT2D eigenvalue weighted by Gasteiger charge is -1.99. The first-order valence-electron chi connectivity index (χ1n) is 2.24. The summed E-state index contributed by atoms with van der Waals surface area (Å²) >= 11 is 0. The van der Waals surface area contributed by atoms with Crippen molar-refractivity contribution in [3.8, 4) is 0 Å². The standard InChI is InChI=1S/C4H7NO4/c5-2(4(8)9)1-3(6)7/h2H,1,5H2,(H,6,7)(H,8,9)/t2-/m1/s1/i1+2. The highest BCUT2D eigenvalue weighted by molar-refractivity contribution is 5.80. The maximum Gasteiger partial charge on any atom is 0.321 e. The van der Waals surface area contributed by atoms with E-state index in [0.717, 1.165) is 0 Å². The Hall–Kier alpha value is -1.10. The van der Waals surface area contributed by atoms with Gasteiger partial charge in [-0.15, -0.1) is 0 Å². The molecule has 0 aromatic heterocycles. The van der Waals surface area contributed by atoms with Crippen molar-refractivity contribution in [1.29, 1.82) is 0 Å². The minimum Gasteiger partial charge on any atom is -0.481 e. The Morgan fingerprint density at radius 2 is 1.89 bits per heavy atom. The van der Waals surface area contributed by atoms with Crippen LogP contribution in [0.15, 0.2) is 0 Å². The Kier molecular flexibility index (Phi) is 2.66. The van der Waals surface area contributed by atoms with Crippen molar-refractivity contribution in [3.05, 3.63) is 0 Å². The molecular formula is C4H7NO4. The second-order valence-electron chi connectivity index (χ2n) is 1.54. The fraction of sp³-hybridized carbons (Fsp3) is 0.500. The molecule has 0 unspecified atom stereocenters. The van der Waals surface area contributed by atoms with Crippen molar-refractivity contribution in [2.45, 2.75) is 12.5 Å². The molecule has 0 heterocycles. The van der Waals surface area contributed by atoms with Gasteiger partial charge in [0.1, 0.15) is 6.04 Å². The molecule has 0 rings (SSSR count). The first-order chi connectivity index (χ1) is 4.04. The van der Waals surface area contributed by atoms with Gasteiger partial charge in [0, 0.05) is 0 Å². The van der Waals surface area contributed by atoms with E-state index in [1.54, 1.807) is 0 Å². The van der Waals surface area contributed by atoms with Crippen molar-refractivity contribution >= 4 is 11.9 Å². The molecule has 0 aromatic rings. The number of hydrogen-bond donors (Lipinski definition) is 3. The summed E-state index contributed by atoms with van der Waals surface area (Å²) in [7, 11) is 0. The van der Waals surface area contributed by atoms with Crippen LogP contribution in [0, 0.1) is 0 Å². The highest BCUT2D eigenvalue weighted by Crippen LogP contribution is 1.86. The second kappa shape index (κ2) is 3.03. The van der Waals surface area contributed by atoms with Gasteiger partial charge in [0.05, 0.1) is 6.42 Å². The van der Waals surface area contributed by atoms with E-state index in [9.17, 15) is 9.59 Å². The zero-order valence-corrected chi connectivity index (χ0v) is 4.57. The zero-order valence-electron chi connectivity index (χ0n) is 4.57. The topological polar surface area (TPSA) is 101 Å². The maximum absolute atomic E-state index is 9.85. The summed E-state index contributed by atoms with van der Waals surface area (Å²) in [4.78, 5) is 19.6. The van der Waals surface area contributed by atoms with Crippen molar-refractivity contribution in [2.24, 2.45) is 5.73 Å². The molecule has 0 bridgehead atoms. The van der Waals surface area contributed by atoms with Gasteiger partial charge in [-0.25, -0.2) is 0 Å². The number of nitrogens with two attached hydrogens (primary N) is 1. The average Bonchev–Trinajstić information content (AvgIpc) is 1.63. The van der Waals surface area contributed by atoms with Crippen LogP contribution in [0.25, 0.3) is 0 Å². The van der Waals surface area contributed by atoms with Crippen LogP contribution in [0.3, 0.4) is 0 Å². The predicted molar refractivity (Wildman–Crippen MR) is 27.9 cm³/mol. The van der Waals surface area contributed by atoms with Gasteiger partial charge in [-0.05, 0) is 0 Å². The van der Waals surface area contributed by atoms with Gasteiger partial charge >= 0.3 is 11.9 Å². The van der Waals surface area contributed by atoms with Crippen LogP contribution < -0.4 is 5.73 Å². The lowest BCUT2D eigenvalue weighted by Crippen LogP contribution is -2.32. The van der Waals surface area contributed by atoms with Crippen LogP contribution in [0.4, 0.5) is 0 Å². The van der Waals surface area contributed by atoms with Crippen molar-refractivity contribution in [3.63, 3.8) is 0 Å². The van der Waals surface area contributed by atoms with E-state index in [2.05, 4.69) is 0 Å². The smallest absolute Gasteiger partial charge is 0.321 e. The van der Waals surface area contributed by atoms with E-state index in [1.807, 2.05) is 0 Å². The van der Waals surface area contributed by atoms with Gasteiger partial charge in [0.2, 0.25) is 0 Å². The van der Waals surface area contributed by atoms with Gasteiger partial charge < -0.3 is 15.9 Å². The SMILES string of the molecule is N[C@H]([14CH2]C(=O)O)C(=O)O. The summed E-state index contributed by atoms with van der Waals surface area (Å²) in [6, 6.07) is -1.29. The number of carboxylic acids is 2. The third-order valence-corrected chi connectivity index (χ3v) is 0.712. The lowest BCUT2D eigenvalue weighted by molar-refractivity contribution is -0.144. The van der Waals surface area contributed by atoms with Crippen LogP contribution in [-0.2, 0) is 9.59 Å². The molecule has 4 N–H and O–H groups in total. The molecule has 9 heavy (non-hydrogen) atoms. The van der Waals surface area contributed by atoms with Crippen LogP contribution >= 0.6 is 0 Å². The first kappa shape index (κ1) is 7.90. The van der Waals surface area contributed by atoms with Crippen LogP contribution in [-0.4, -0.2) is 28.2 Å². The van der Waals surface area contributed by atoms with E-state index in [0.29, 0.717) is 0 Å². The Labute approximate surface area is 51.1 Å². The van der Waals surface area contributed by atoms with E-state index >= 15 is 0 Å². The molecule has 0 aliphatic heterocycles. The minimum absolute atomic E-state index is 0.532. The molecule has 0 radical (unpaired) electrons. The number of aliphatic carboxylic acids is 2. The van der Waals surface area contributed by atoms with Gasteiger partial charge in [0.25, 0.3) is 0 Å². The summed E-state index contributed by atoms with van der Waals surface area (Å²) < 4.78 is 0. The van der Waals surface area contributed by atoms with Gasteiger partial charge in [0.15, 0.2) is 0 Å². The Morgan fingerprint density at radius 3 is 2.00 bits per heavy atom. The monoisotopic (exact) mass is 135 g/mol. The van der Waals surface area contributed by atoms with Gasteiger partial charge in [-0.1, -0.05) is 0 Å². The van der Waals surface area contributed by atoms with Gasteiger partial charge in [-0.3, -0.25) is 9.59 Å². The molecule has 0 amide bonds. The summed E-state index contributed by atoms with van der Waals surface area (Å²) in [5, 5.41) is 16.0. The fourth-order valence-electron chi connectivity index (χ4n) is 0.275. The van der Waals surface area contributed by atoms with Gasteiger partial charge in [-0.2, -0.15) is 0 Å². The summed E-state index contributed by atoms with van der Waals surface area (Å²) in [5.41, 5.74) is 4.84. The predicted octanol–water partition coefficient (Wildman–Crippen LogP) is -1.13. The Morgan fingerprint density at radius 1 is 1.44 bits per heavy atom. The van der Waals surface area contributed by atoms with E-state index in [-0.39, 0.29) is 0 Å². The summed E-state index contributed by atoms with van der Waals surface area (Å²) in [6.07, 6.45) is -0.532. The number of rotatable bonds is 3. The second-order valence-corrected chi connectivity index (χ2v) is 1.54. The van der Waals surface area contributed by atoms with E-state index in [4.69, 9.17) is 15.9 Å². The quantitative estimate of drug-likeness (QED) is 0.454. The number of carboxylic acid groups (broad SMARTS) is 2. The van der Waals surface area contributed by atoms with Crippen LogP contribution in [0.5, 0.6) is 0 Å². The average molecular weight is 135 g/mol. The normalized spacial score (nSPS) is 12.6. The summed E-state index contributed by atoms with van der Waals surface area (Å²) in [6.45, 7) is 0. The molecule has 0 aliphatic carbocycles. The minimum atomic E-state index is -1.29. The summed E-state index contributed by atoms with van der Waals surface area (Å²) in [5.74, 6) is -2.50. The lowest BCUT2D eigenvalue weighted by atomic mass is 10.5. The highest BCUT2D eigenvalue weighted by atomic mass is 16.4. The number of carbonyl (C=O) groups is 2. The largest absolute Gasteiger partial charge is 0.481 e. The molecule has 0 saturated carbocycles. The van der Waals surface area contributed by atoms with Crippen LogP contribution in [0.2, 0.25) is 0 Å². The van der Waals surface area contributed by atoms with E-state index in [1.165, 1.54) is 0 Å². The molecule has 5 heteroatoms. The fourth-order valence-corrected chi connectivity index (χ4v) is 0.275. The third-order valence-electron chi connectivity index (χ3n) is 0.712. The zero-order chi connectivity index (χ0) is 7.44. The molecule has 1 atom stereocenters. The molecule has 0 spiro atoms. The van der Waals surface area contributed by atoms with Crippen LogP contribution in [0.1, 0.15) is 6.42 Å². The molecule has 5 nitrogen and oxygen atoms in total. The highest BCUT2D eigenvalue weighted by Gasteiger charge is 2.14. The van der Waals surface area contributed by atoms with Crippen molar-refractivity contribution in [2.75, 3.05) is 0 Å². The molecule has 0 saturated heterocycles. The third kappa shape index (κ3) is 3.48. The molecule has 52 valence electrons. The maximum atomic E-state index is 9.85. The number of hydrogen-bond acceptors (Lipinski definition) is 3. The van der Waals surface area contributed by atoms with Crippen molar-refractivity contribution < 1.29 is 19.8 Å². The van der Waals surface area contributed by atoms with E-state index < -0.39 is 24.4 Å². The molecule has 0 aliphatic rings. The first-order valence-corrected chi connectivity index (χ1v) is 2.24. The Bertz CT molecular complexity index is 133. The molecule has 0 aromatic carbocycles. The molecular weight excluding hydrogens is 128 g/mol. The Balaban J connectivity index is 3.63. The van der Waals surface area contributed by atoms with Crippen molar-refractivity contribution in [1.82, 2.24) is 0 Å². The molecule has 0 fully saturated rings.